The highest BCUT2D eigenvalue weighted by Crippen LogP contribution is 2.47. The summed E-state index contributed by atoms with van der Waals surface area (Å²) in [6.45, 7) is 4.64. The molecule has 2 aliphatic rings. The van der Waals surface area contributed by atoms with Crippen molar-refractivity contribution in [2.24, 2.45) is 0 Å². The van der Waals surface area contributed by atoms with E-state index in [2.05, 4.69) is 157 Å². The van der Waals surface area contributed by atoms with Gasteiger partial charge in [0.05, 0.1) is 27.9 Å². The monoisotopic (exact) mass is 603 g/mol. The van der Waals surface area contributed by atoms with Gasteiger partial charge in [-0.05, 0) is 88.7 Å². The van der Waals surface area contributed by atoms with Crippen LogP contribution < -0.4 is 0 Å². The number of rotatable bonds is 3. The van der Waals surface area contributed by atoms with Crippen LogP contribution >= 0.6 is 0 Å². The van der Waals surface area contributed by atoms with Crippen LogP contribution in [0.25, 0.3) is 66.9 Å². The highest BCUT2D eigenvalue weighted by molar-refractivity contribution is 6.12. The van der Waals surface area contributed by atoms with Gasteiger partial charge in [0, 0.05) is 45.2 Å². The van der Waals surface area contributed by atoms with Crippen LogP contribution in [0, 0.1) is 0 Å². The molecule has 10 rings (SSSR count). The van der Waals surface area contributed by atoms with Gasteiger partial charge in [0.15, 0.2) is 0 Å². The second kappa shape index (κ2) is 9.67. The number of aryl methyl sites for hydroxylation is 1. The maximum Gasteiger partial charge on any atom is 0.0612 e. The highest BCUT2D eigenvalue weighted by Gasteiger charge is 2.35. The van der Waals surface area contributed by atoms with Crippen LogP contribution in [0.1, 0.15) is 48.2 Å². The minimum Gasteiger partial charge on any atom is -0.310 e. The molecule has 3 heteroatoms. The molecule has 3 nitrogen and oxygen atoms in total. The zero-order valence-electron chi connectivity index (χ0n) is 26.5. The Labute approximate surface area is 274 Å². The molecule has 8 aromatic rings. The number of nitrogens with zero attached hydrogens (tertiary/aromatic N) is 3. The normalized spacial score (nSPS) is 14.7. The minimum absolute atomic E-state index is 0.120. The molecule has 1 aliphatic heterocycles. The first-order chi connectivity index (χ1) is 23.1. The lowest BCUT2D eigenvalue weighted by Crippen LogP contribution is -2.26. The van der Waals surface area contributed by atoms with Crippen LogP contribution in [0.5, 0.6) is 0 Å². The number of pyridine rings is 1. The van der Waals surface area contributed by atoms with Crippen LogP contribution in [0.4, 0.5) is 0 Å². The van der Waals surface area contributed by atoms with Gasteiger partial charge in [-0.25, -0.2) is 0 Å². The largest absolute Gasteiger partial charge is 0.310 e. The third kappa shape index (κ3) is 3.71. The summed E-state index contributed by atoms with van der Waals surface area (Å²) in [6.07, 6.45) is 8.64. The van der Waals surface area contributed by atoms with E-state index in [4.69, 9.17) is 4.98 Å². The number of benzene rings is 5. The van der Waals surface area contributed by atoms with E-state index in [1.54, 1.807) is 0 Å². The molecule has 3 aromatic heterocycles. The molecule has 0 amide bonds. The quantitative estimate of drug-likeness (QED) is 0.197. The fourth-order valence-electron chi connectivity index (χ4n) is 8.39. The average molecular weight is 604 g/mol. The van der Waals surface area contributed by atoms with E-state index in [-0.39, 0.29) is 5.41 Å². The first-order valence-corrected chi connectivity index (χ1v) is 16.6. The SMILES string of the molecule is CC1(C)c2ccccc2-n2c3ccc(-c4ccc(-n5c6c(c7ccccc75)CCC(c5ccccc5)=C6)cc4)cc3c3cncc1c32. The number of allylic oxidation sites excluding steroid dienone is 1. The Kier molecular flexibility index (Phi) is 5.46. The summed E-state index contributed by atoms with van der Waals surface area (Å²) >= 11 is 0. The van der Waals surface area contributed by atoms with Crippen LogP contribution in [-0.4, -0.2) is 14.1 Å². The van der Waals surface area contributed by atoms with Crippen molar-refractivity contribution in [3.63, 3.8) is 0 Å². The van der Waals surface area contributed by atoms with Crippen molar-refractivity contribution < 1.29 is 0 Å². The molecule has 224 valence electrons. The van der Waals surface area contributed by atoms with E-state index in [1.807, 2.05) is 6.20 Å². The predicted octanol–water partition coefficient (Wildman–Crippen LogP) is 10.9. The summed E-state index contributed by atoms with van der Waals surface area (Å²) < 4.78 is 4.90. The summed E-state index contributed by atoms with van der Waals surface area (Å²) in [5.74, 6) is 0. The van der Waals surface area contributed by atoms with Gasteiger partial charge in [0.25, 0.3) is 0 Å². The second-order valence-electron chi connectivity index (χ2n) is 13.6. The Morgan fingerprint density at radius 1 is 0.574 bits per heavy atom. The summed E-state index contributed by atoms with van der Waals surface area (Å²) in [7, 11) is 0. The Hall–Kier alpha value is -5.67. The maximum absolute atomic E-state index is 4.76. The fraction of sp³-hybridized carbons (Fsp3) is 0.114. The number of hydrogen-bond donors (Lipinski definition) is 0. The molecular weight excluding hydrogens is 571 g/mol. The lowest BCUT2D eigenvalue weighted by molar-refractivity contribution is 0.627. The first kappa shape index (κ1) is 26.5. The number of hydrogen-bond acceptors (Lipinski definition) is 1. The van der Waals surface area contributed by atoms with Crippen molar-refractivity contribution in [3.05, 3.63) is 162 Å². The van der Waals surface area contributed by atoms with Crippen molar-refractivity contribution in [2.75, 3.05) is 0 Å². The molecule has 0 spiro atoms. The summed E-state index contributed by atoms with van der Waals surface area (Å²) in [4.78, 5) is 4.76. The van der Waals surface area contributed by atoms with E-state index < -0.39 is 0 Å². The van der Waals surface area contributed by atoms with Gasteiger partial charge in [0.1, 0.15) is 0 Å². The molecule has 47 heavy (non-hydrogen) atoms. The Balaban J connectivity index is 1.11. The van der Waals surface area contributed by atoms with Crippen molar-refractivity contribution in [1.82, 2.24) is 14.1 Å². The molecule has 0 N–H and O–H groups in total. The molecule has 0 bridgehead atoms. The molecule has 0 fully saturated rings. The highest BCUT2D eigenvalue weighted by atomic mass is 15.0. The molecule has 0 radical (unpaired) electrons. The standard InChI is InChI=1S/C44H33N3/c1-44(2)37-13-7-9-15-41(37)47-40-23-19-30(24-35(40)36-26-45-27-38(44)43(36)47)29-16-20-32(21-17-29)46-39-14-8-6-12-33(39)34-22-18-31(25-42(34)46)28-10-4-3-5-11-28/h3-17,19-21,23-27H,18,22H2,1-2H3. The maximum atomic E-state index is 4.76. The number of fused-ring (bicyclic) bond motifs is 8. The molecule has 1 aliphatic carbocycles. The van der Waals surface area contributed by atoms with E-state index in [1.165, 1.54) is 88.7 Å². The van der Waals surface area contributed by atoms with Gasteiger partial charge in [-0.3, -0.25) is 4.98 Å². The minimum atomic E-state index is -0.120. The van der Waals surface area contributed by atoms with Crippen molar-refractivity contribution in [2.45, 2.75) is 32.1 Å². The van der Waals surface area contributed by atoms with Crippen molar-refractivity contribution >= 4 is 44.4 Å². The molecule has 5 aromatic carbocycles. The van der Waals surface area contributed by atoms with Gasteiger partial charge in [-0.2, -0.15) is 0 Å². The topological polar surface area (TPSA) is 22.8 Å². The van der Waals surface area contributed by atoms with Gasteiger partial charge in [-0.15, -0.1) is 0 Å². The zero-order valence-corrected chi connectivity index (χ0v) is 26.5. The lowest BCUT2D eigenvalue weighted by Gasteiger charge is -2.34. The predicted molar refractivity (Wildman–Crippen MR) is 196 cm³/mol. The molecule has 0 unspecified atom stereocenters. The van der Waals surface area contributed by atoms with E-state index >= 15 is 0 Å². The number of aromatic nitrogens is 3. The van der Waals surface area contributed by atoms with E-state index in [0.29, 0.717) is 0 Å². The van der Waals surface area contributed by atoms with Crippen LogP contribution in [0.3, 0.4) is 0 Å². The lowest BCUT2D eigenvalue weighted by atomic mass is 9.75. The van der Waals surface area contributed by atoms with Crippen molar-refractivity contribution in [1.29, 1.82) is 0 Å². The smallest absolute Gasteiger partial charge is 0.0612 e. The summed E-state index contributed by atoms with van der Waals surface area (Å²) in [5, 5.41) is 3.81. The van der Waals surface area contributed by atoms with Gasteiger partial charge >= 0.3 is 0 Å². The van der Waals surface area contributed by atoms with Crippen LogP contribution in [0.2, 0.25) is 0 Å². The van der Waals surface area contributed by atoms with Gasteiger partial charge in [0.2, 0.25) is 0 Å². The average Bonchev–Trinajstić information content (AvgIpc) is 3.64. The number of para-hydroxylation sites is 2. The Morgan fingerprint density at radius 2 is 1.32 bits per heavy atom. The molecular formula is C44H33N3. The van der Waals surface area contributed by atoms with E-state index in [9.17, 15) is 0 Å². The molecule has 0 saturated heterocycles. The zero-order chi connectivity index (χ0) is 31.3. The Bertz CT molecular complexity index is 2580. The summed E-state index contributed by atoms with van der Waals surface area (Å²) in [5.41, 5.74) is 16.6. The summed E-state index contributed by atoms with van der Waals surface area (Å²) in [6, 6.07) is 44.6. The first-order valence-electron chi connectivity index (χ1n) is 16.6. The fourth-order valence-corrected chi connectivity index (χ4v) is 8.39. The Morgan fingerprint density at radius 3 is 2.19 bits per heavy atom. The van der Waals surface area contributed by atoms with Gasteiger partial charge < -0.3 is 9.13 Å². The van der Waals surface area contributed by atoms with Gasteiger partial charge in [-0.1, -0.05) is 98.8 Å². The van der Waals surface area contributed by atoms with E-state index in [0.717, 1.165) is 12.8 Å². The van der Waals surface area contributed by atoms with Crippen LogP contribution in [-0.2, 0) is 11.8 Å². The third-order valence-corrected chi connectivity index (χ3v) is 10.7. The molecule has 0 saturated carbocycles. The third-order valence-electron chi connectivity index (χ3n) is 10.7. The molecule has 0 atom stereocenters. The second-order valence-corrected chi connectivity index (χ2v) is 13.6. The van der Waals surface area contributed by atoms with Crippen molar-refractivity contribution in [3.8, 4) is 22.5 Å². The molecule has 4 heterocycles. The van der Waals surface area contributed by atoms with Crippen LogP contribution in [0.15, 0.2) is 134 Å².